The van der Waals surface area contributed by atoms with Crippen molar-refractivity contribution in [2.24, 2.45) is 10.9 Å². The standard InChI is InChI=1S/C14H21N5O2/c1-10-12(4-3-5-16-10)14(20)19-8-6-18(7-9-19)11(2)13(15)17-21/h3-5,11,21H,6-9H2,1-2H3,(H2,15,17). The third-order valence-corrected chi connectivity index (χ3v) is 3.93. The highest BCUT2D eigenvalue weighted by molar-refractivity contribution is 5.95. The van der Waals surface area contributed by atoms with Crippen LogP contribution in [0.15, 0.2) is 23.5 Å². The molecule has 1 atom stereocenters. The highest BCUT2D eigenvalue weighted by Crippen LogP contribution is 2.12. The molecule has 1 unspecified atom stereocenters. The van der Waals surface area contributed by atoms with Crippen LogP contribution in [-0.4, -0.2) is 64.0 Å². The minimum absolute atomic E-state index is 0.0108. The molecule has 0 aliphatic carbocycles. The molecule has 1 aliphatic rings. The molecule has 21 heavy (non-hydrogen) atoms. The summed E-state index contributed by atoms with van der Waals surface area (Å²) in [5.74, 6) is 0.203. The van der Waals surface area contributed by atoms with E-state index in [1.807, 2.05) is 18.7 Å². The quantitative estimate of drug-likeness (QED) is 0.361. The number of hydrogen-bond acceptors (Lipinski definition) is 5. The van der Waals surface area contributed by atoms with Gasteiger partial charge in [0.2, 0.25) is 0 Å². The first-order valence-electron chi connectivity index (χ1n) is 6.97. The number of carbonyl (C=O) groups is 1. The first-order valence-corrected chi connectivity index (χ1v) is 6.97. The van der Waals surface area contributed by atoms with Gasteiger partial charge in [-0.3, -0.25) is 14.7 Å². The zero-order valence-electron chi connectivity index (χ0n) is 12.4. The largest absolute Gasteiger partial charge is 0.409 e. The van der Waals surface area contributed by atoms with Gasteiger partial charge < -0.3 is 15.8 Å². The summed E-state index contributed by atoms with van der Waals surface area (Å²) < 4.78 is 0. The van der Waals surface area contributed by atoms with Crippen molar-refractivity contribution in [1.29, 1.82) is 0 Å². The molecule has 0 saturated carbocycles. The second kappa shape index (κ2) is 6.53. The van der Waals surface area contributed by atoms with Crippen LogP contribution in [0.25, 0.3) is 0 Å². The molecule has 7 nitrogen and oxygen atoms in total. The molecule has 0 aromatic carbocycles. The maximum Gasteiger partial charge on any atom is 0.255 e. The first-order chi connectivity index (χ1) is 10.0. The minimum Gasteiger partial charge on any atom is -0.409 e. The van der Waals surface area contributed by atoms with Gasteiger partial charge in [0.1, 0.15) is 0 Å². The SMILES string of the molecule is Cc1ncccc1C(=O)N1CCN(C(C)/C(N)=N/O)CC1. The van der Waals surface area contributed by atoms with E-state index in [1.54, 1.807) is 18.3 Å². The number of carbonyl (C=O) groups excluding carboxylic acids is 1. The van der Waals surface area contributed by atoms with Crippen LogP contribution in [-0.2, 0) is 0 Å². The van der Waals surface area contributed by atoms with Crippen LogP contribution in [0.5, 0.6) is 0 Å². The predicted octanol–water partition coefficient (Wildman–Crippen LogP) is 0.283. The number of pyridine rings is 1. The Kier molecular flexibility index (Phi) is 4.74. The van der Waals surface area contributed by atoms with E-state index >= 15 is 0 Å². The smallest absolute Gasteiger partial charge is 0.255 e. The van der Waals surface area contributed by atoms with Gasteiger partial charge in [-0.25, -0.2) is 0 Å². The van der Waals surface area contributed by atoms with Crippen molar-refractivity contribution in [3.63, 3.8) is 0 Å². The molecule has 1 aliphatic heterocycles. The average Bonchev–Trinajstić information content (AvgIpc) is 2.53. The van der Waals surface area contributed by atoms with Crippen LogP contribution in [0.3, 0.4) is 0 Å². The van der Waals surface area contributed by atoms with Gasteiger partial charge in [-0.2, -0.15) is 0 Å². The number of piperazine rings is 1. The van der Waals surface area contributed by atoms with Crippen LogP contribution >= 0.6 is 0 Å². The van der Waals surface area contributed by atoms with Gasteiger partial charge in [0.25, 0.3) is 5.91 Å². The molecule has 0 radical (unpaired) electrons. The lowest BCUT2D eigenvalue weighted by molar-refractivity contribution is 0.0617. The number of hydrogen-bond donors (Lipinski definition) is 2. The summed E-state index contributed by atoms with van der Waals surface area (Å²) in [6, 6.07) is 3.44. The van der Waals surface area contributed by atoms with E-state index in [0.29, 0.717) is 31.7 Å². The van der Waals surface area contributed by atoms with E-state index in [4.69, 9.17) is 10.9 Å². The van der Waals surface area contributed by atoms with Gasteiger partial charge in [-0.05, 0) is 26.0 Å². The molecule has 7 heteroatoms. The number of oxime groups is 1. The molecule has 2 rings (SSSR count). The Balaban J connectivity index is 1.98. The summed E-state index contributed by atoms with van der Waals surface area (Å²) in [6.45, 7) is 6.36. The van der Waals surface area contributed by atoms with Crippen LogP contribution in [0.1, 0.15) is 23.0 Å². The molecule has 3 N–H and O–H groups in total. The molecule has 1 aromatic rings. The Bertz CT molecular complexity index is 538. The van der Waals surface area contributed by atoms with Crippen LogP contribution in [0.2, 0.25) is 0 Å². The van der Waals surface area contributed by atoms with E-state index < -0.39 is 0 Å². The van der Waals surface area contributed by atoms with Crippen molar-refractivity contribution in [2.75, 3.05) is 26.2 Å². The molecule has 1 saturated heterocycles. The fraction of sp³-hybridized carbons (Fsp3) is 0.500. The Hall–Kier alpha value is -2.15. The maximum absolute atomic E-state index is 12.5. The lowest BCUT2D eigenvalue weighted by atomic mass is 10.1. The topological polar surface area (TPSA) is 95.1 Å². The molecular weight excluding hydrogens is 270 g/mol. The molecule has 1 amide bonds. The molecule has 114 valence electrons. The molecular formula is C14H21N5O2. The minimum atomic E-state index is -0.132. The summed E-state index contributed by atoms with van der Waals surface area (Å²) in [4.78, 5) is 20.5. The first kappa shape index (κ1) is 15.2. The highest BCUT2D eigenvalue weighted by atomic mass is 16.4. The summed E-state index contributed by atoms with van der Waals surface area (Å²) >= 11 is 0. The van der Waals surface area contributed by atoms with Crippen molar-refractivity contribution < 1.29 is 10.0 Å². The molecule has 1 fully saturated rings. The fourth-order valence-corrected chi connectivity index (χ4v) is 2.46. The zero-order chi connectivity index (χ0) is 15.4. The Morgan fingerprint density at radius 3 is 2.67 bits per heavy atom. The Morgan fingerprint density at radius 2 is 2.10 bits per heavy atom. The summed E-state index contributed by atoms with van der Waals surface area (Å²) in [6.07, 6.45) is 1.68. The van der Waals surface area contributed by atoms with E-state index in [-0.39, 0.29) is 17.8 Å². The van der Waals surface area contributed by atoms with Crippen LogP contribution < -0.4 is 5.73 Å². The lowest BCUT2D eigenvalue weighted by Crippen LogP contribution is -2.54. The van der Waals surface area contributed by atoms with E-state index in [2.05, 4.69) is 15.0 Å². The van der Waals surface area contributed by atoms with E-state index in [0.717, 1.165) is 5.69 Å². The molecule has 2 heterocycles. The lowest BCUT2D eigenvalue weighted by Gasteiger charge is -2.37. The maximum atomic E-state index is 12.5. The van der Waals surface area contributed by atoms with Gasteiger partial charge >= 0.3 is 0 Å². The van der Waals surface area contributed by atoms with Gasteiger partial charge in [0, 0.05) is 38.1 Å². The fourth-order valence-electron chi connectivity index (χ4n) is 2.46. The third kappa shape index (κ3) is 3.30. The van der Waals surface area contributed by atoms with Gasteiger partial charge in [-0.15, -0.1) is 0 Å². The second-order valence-electron chi connectivity index (χ2n) is 5.17. The number of rotatable bonds is 3. The van der Waals surface area contributed by atoms with Crippen molar-refractivity contribution in [3.8, 4) is 0 Å². The Morgan fingerprint density at radius 1 is 1.43 bits per heavy atom. The summed E-state index contributed by atoms with van der Waals surface area (Å²) in [5.41, 5.74) is 7.02. The normalized spacial score (nSPS) is 18.6. The average molecular weight is 291 g/mol. The number of nitrogens with two attached hydrogens (primary N) is 1. The van der Waals surface area contributed by atoms with Crippen molar-refractivity contribution in [1.82, 2.24) is 14.8 Å². The van der Waals surface area contributed by atoms with Crippen molar-refractivity contribution in [3.05, 3.63) is 29.6 Å². The summed E-state index contributed by atoms with van der Waals surface area (Å²) in [7, 11) is 0. The highest BCUT2D eigenvalue weighted by Gasteiger charge is 2.26. The second-order valence-corrected chi connectivity index (χ2v) is 5.17. The van der Waals surface area contributed by atoms with Gasteiger partial charge in [0.05, 0.1) is 11.6 Å². The van der Waals surface area contributed by atoms with Gasteiger partial charge in [-0.1, -0.05) is 5.16 Å². The number of aromatic nitrogens is 1. The van der Waals surface area contributed by atoms with Crippen LogP contribution in [0.4, 0.5) is 0 Å². The Labute approximate surface area is 124 Å². The van der Waals surface area contributed by atoms with Crippen molar-refractivity contribution >= 4 is 11.7 Å². The summed E-state index contributed by atoms with van der Waals surface area (Å²) in [5, 5.41) is 11.8. The monoisotopic (exact) mass is 291 g/mol. The predicted molar refractivity (Wildman–Crippen MR) is 79.3 cm³/mol. The van der Waals surface area contributed by atoms with Crippen LogP contribution in [0, 0.1) is 6.92 Å². The number of nitrogens with zero attached hydrogens (tertiary/aromatic N) is 4. The van der Waals surface area contributed by atoms with Crippen molar-refractivity contribution in [2.45, 2.75) is 19.9 Å². The molecule has 0 bridgehead atoms. The molecule has 1 aromatic heterocycles. The number of aryl methyl sites for hydroxylation is 1. The number of amidine groups is 1. The zero-order valence-corrected chi connectivity index (χ0v) is 12.4. The van der Waals surface area contributed by atoms with E-state index in [1.165, 1.54) is 0 Å². The van der Waals surface area contributed by atoms with E-state index in [9.17, 15) is 4.79 Å². The number of amides is 1. The molecule has 0 spiro atoms. The third-order valence-electron chi connectivity index (χ3n) is 3.93. The van der Waals surface area contributed by atoms with Gasteiger partial charge in [0.15, 0.2) is 5.84 Å².